The van der Waals surface area contributed by atoms with Crippen molar-refractivity contribution < 1.29 is 0 Å². The molecule has 7 heteroatoms. The topological polar surface area (TPSA) is 53.9 Å². The minimum absolute atomic E-state index is 0.178. The number of aromatic nitrogens is 3. The molecule has 1 aromatic carbocycles. The molecule has 0 aliphatic carbocycles. The van der Waals surface area contributed by atoms with Gasteiger partial charge in [-0.05, 0) is 35.7 Å². The summed E-state index contributed by atoms with van der Waals surface area (Å²) in [6, 6.07) is 7.74. The zero-order chi connectivity index (χ0) is 14.5. The van der Waals surface area contributed by atoms with E-state index in [0.29, 0.717) is 18.4 Å². The van der Waals surface area contributed by atoms with Crippen LogP contribution in [0.4, 0.5) is 11.9 Å². The maximum atomic E-state index is 5.86. The fraction of sp³-hybridized carbons (Fsp3) is 0.308. The Morgan fingerprint density at radius 2 is 1.75 bits per heavy atom. The molecule has 0 unspecified atom stereocenters. The van der Waals surface area contributed by atoms with Gasteiger partial charge >= 0.3 is 0 Å². The smallest absolute Gasteiger partial charge is 0.230 e. The van der Waals surface area contributed by atoms with Gasteiger partial charge in [-0.2, -0.15) is 15.0 Å². The SMILES string of the molecule is CN(C)c1nc(Cl)nc(NCCc2ccc(Cl)cc2)n1. The maximum absolute atomic E-state index is 5.86. The van der Waals surface area contributed by atoms with Crippen LogP contribution < -0.4 is 10.2 Å². The number of hydrogen-bond acceptors (Lipinski definition) is 5. The molecule has 2 rings (SSSR count). The summed E-state index contributed by atoms with van der Waals surface area (Å²) in [4.78, 5) is 14.1. The summed E-state index contributed by atoms with van der Waals surface area (Å²) in [7, 11) is 3.70. The van der Waals surface area contributed by atoms with E-state index in [1.54, 1.807) is 4.90 Å². The summed E-state index contributed by atoms with van der Waals surface area (Å²) in [5.74, 6) is 1.00. The van der Waals surface area contributed by atoms with E-state index in [9.17, 15) is 0 Å². The van der Waals surface area contributed by atoms with Gasteiger partial charge in [-0.1, -0.05) is 23.7 Å². The zero-order valence-electron chi connectivity index (χ0n) is 11.3. The molecular weight excluding hydrogens is 297 g/mol. The van der Waals surface area contributed by atoms with Crippen LogP contribution in [0.5, 0.6) is 0 Å². The van der Waals surface area contributed by atoms with Gasteiger partial charge in [0.25, 0.3) is 0 Å². The van der Waals surface area contributed by atoms with Crippen LogP contribution in [0.15, 0.2) is 24.3 Å². The van der Waals surface area contributed by atoms with Crippen molar-refractivity contribution >= 4 is 35.1 Å². The Morgan fingerprint density at radius 1 is 1.05 bits per heavy atom. The first-order chi connectivity index (χ1) is 9.54. The normalized spacial score (nSPS) is 10.4. The second kappa shape index (κ2) is 6.72. The zero-order valence-corrected chi connectivity index (χ0v) is 12.8. The molecule has 0 aliphatic heterocycles. The van der Waals surface area contributed by atoms with E-state index in [2.05, 4.69) is 20.3 Å². The second-order valence-electron chi connectivity index (χ2n) is 4.43. The first-order valence-corrected chi connectivity index (χ1v) is 6.87. The van der Waals surface area contributed by atoms with Crippen molar-refractivity contribution in [2.24, 2.45) is 0 Å². The van der Waals surface area contributed by atoms with Gasteiger partial charge in [0.15, 0.2) is 0 Å². The Kier molecular flexibility index (Phi) is 4.98. The lowest BCUT2D eigenvalue weighted by molar-refractivity contribution is 0.929. The van der Waals surface area contributed by atoms with Crippen molar-refractivity contribution in [1.29, 1.82) is 0 Å². The fourth-order valence-electron chi connectivity index (χ4n) is 1.59. The van der Waals surface area contributed by atoms with Crippen molar-refractivity contribution in [3.8, 4) is 0 Å². The van der Waals surface area contributed by atoms with Gasteiger partial charge in [0.1, 0.15) is 0 Å². The number of anilines is 2. The minimum Gasteiger partial charge on any atom is -0.354 e. The molecule has 0 saturated carbocycles. The standard InChI is InChI=1S/C13H15Cl2N5/c1-20(2)13-18-11(15)17-12(19-13)16-8-7-9-3-5-10(14)6-4-9/h3-6H,7-8H2,1-2H3,(H,16,17,18,19). The third kappa shape index (κ3) is 4.21. The highest BCUT2D eigenvalue weighted by Gasteiger charge is 2.06. The summed E-state index contributed by atoms with van der Waals surface area (Å²) in [6.45, 7) is 0.703. The number of benzene rings is 1. The number of hydrogen-bond donors (Lipinski definition) is 1. The molecule has 0 atom stereocenters. The van der Waals surface area contributed by atoms with E-state index in [-0.39, 0.29) is 5.28 Å². The molecule has 5 nitrogen and oxygen atoms in total. The predicted molar refractivity (Wildman–Crippen MR) is 82.8 cm³/mol. The van der Waals surface area contributed by atoms with Gasteiger partial charge in [-0.3, -0.25) is 0 Å². The molecule has 0 radical (unpaired) electrons. The average molecular weight is 312 g/mol. The second-order valence-corrected chi connectivity index (χ2v) is 5.20. The van der Waals surface area contributed by atoms with Crippen LogP contribution in [0.2, 0.25) is 10.3 Å². The number of nitrogens with zero attached hydrogens (tertiary/aromatic N) is 4. The van der Waals surface area contributed by atoms with E-state index in [4.69, 9.17) is 23.2 Å². The Hall–Kier alpha value is -1.59. The fourth-order valence-corrected chi connectivity index (χ4v) is 1.87. The molecule has 1 aromatic heterocycles. The third-order valence-corrected chi connectivity index (χ3v) is 3.03. The average Bonchev–Trinajstić information content (AvgIpc) is 2.40. The largest absolute Gasteiger partial charge is 0.354 e. The van der Waals surface area contributed by atoms with Gasteiger partial charge in [-0.15, -0.1) is 0 Å². The first kappa shape index (κ1) is 14.8. The highest BCUT2D eigenvalue weighted by atomic mass is 35.5. The molecule has 0 amide bonds. The van der Waals surface area contributed by atoms with Crippen LogP contribution in [0, 0.1) is 0 Å². The van der Waals surface area contributed by atoms with E-state index in [1.165, 1.54) is 5.56 Å². The van der Waals surface area contributed by atoms with Crippen molar-refractivity contribution in [1.82, 2.24) is 15.0 Å². The molecule has 20 heavy (non-hydrogen) atoms. The highest BCUT2D eigenvalue weighted by molar-refractivity contribution is 6.30. The molecule has 1 N–H and O–H groups in total. The lowest BCUT2D eigenvalue weighted by atomic mass is 10.1. The molecular formula is C13H15Cl2N5. The summed E-state index contributed by atoms with van der Waals surface area (Å²) in [5, 5.41) is 4.05. The highest BCUT2D eigenvalue weighted by Crippen LogP contribution is 2.12. The lowest BCUT2D eigenvalue weighted by Gasteiger charge is -2.11. The predicted octanol–water partition coefficient (Wildman–Crippen LogP) is 2.90. The third-order valence-electron chi connectivity index (χ3n) is 2.61. The van der Waals surface area contributed by atoms with Crippen molar-refractivity contribution in [2.45, 2.75) is 6.42 Å². The molecule has 2 aromatic rings. The monoisotopic (exact) mass is 311 g/mol. The number of halogens is 2. The minimum atomic E-state index is 0.178. The lowest BCUT2D eigenvalue weighted by Crippen LogP contribution is -2.16. The maximum Gasteiger partial charge on any atom is 0.230 e. The molecule has 0 aliphatic rings. The Morgan fingerprint density at radius 3 is 2.40 bits per heavy atom. The first-order valence-electron chi connectivity index (χ1n) is 6.12. The summed E-state index contributed by atoms with van der Waals surface area (Å²) < 4.78 is 0. The molecule has 0 saturated heterocycles. The van der Waals surface area contributed by atoms with Crippen molar-refractivity contribution in [2.75, 3.05) is 30.9 Å². The van der Waals surface area contributed by atoms with Gasteiger partial charge in [0.05, 0.1) is 0 Å². The van der Waals surface area contributed by atoms with Crippen LogP contribution in [-0.2, 0) is 6.42 Å². The van der Waals surface area contributed by atoms with Crippen LogP contribution >= 0.6 is 23.2 Å². The van der Waals surface area contributed by atoms with Gasteiger partial charge in [0, 0.05) is 25.7 Å². The molecule has 106 valence electrons. The van der Waals surface area contributed by atoms with Crippen LogP contribution in [0.25, 0.3) is 0 Å². The number of rotatable bonds is 5. The molecule has 1 heterocycles. The molecule has 0 bridgehead atoms. The van der Waals surface area contributed by atoms with Crippen LogP contribution in [0.3, 0.4) is 0 Å². The van der Waals surface area contributed by atoms with Crippen LogP contribution in [0.1, 0.15) is 5.56 Å². The van der Waals surface area contributed by atoms with Gasteiger partial charge in [0.2, 0.25) is 17.2 Å². The van der Waals surface area contributed by atoms with Crippen LogP contribution in [-0.4, -0.2) is 35.6 Å². The van der Waals surface area contributed by atoms with Gasteiger partial charge in [-0.25, -0.2) is 0 Å². The Bertz CT molecular complexity index is 571. The number of nitrogens with one attached hydrogen (secondary N) is 1. The van der Waals surface area contributed by atoms with E-state index < -0.39 is 0 Å². The van der Waals surface area contributed by atoms with Crippen molar-refractivity contribution in [3.05, 3.63) is 40.1 Å². The van der Waals surface area contributed by atoms with E-state index >= 15 is 0 Å². The quantitative estimate of drug-likeness (QED) is 0.920. The van der Waals surface area contributed by atoms with Crippen molar-refractivity contribution in [3.63, 3.8) is 0 Å². The Balaban J connectivity index is 1.95. The Labute approximate surface area is 128 Å². The van der Waals surface area contributed by atoms with Gasteiger partial charge < -0.3 is 10.2 Å². The molecule has 0 fully saturated rings. The van der Waals surface area contributed by atoms with E-state index in [0.717, 1.165) is 11.4 Å². The summed E-state index contributed by atoms with van der Waals surface area (Å²) in [5.41, 5.74) is 1.19. The van der Waals surface area contributed by atoms with E-state index in [1.807, 2.05) is 38.4 Å². The summed E-state index contributed by atoms with van der Waals surface area (Å²) in [6.07, 6.45) is 0.845. The summed E-state index contributed by atoms with van der Waals surface area (Å²) >= 11 is 11.7. The molecule has 0 spiro atoms.